The van der Waals surface area contributed by atoms with Crippen LogP contribution in [-0.4, -0.2) is 49.3 Å². The van der Waals surface area contributed by atoms with Crippen molar-refractivity contribution in [1.29, 1.82) is 0 Å². The number of fused-ring (bicyclic) bond motifs is 1. The minimum absolute atomic E-state index is 0.0901. The molecule has 4 aromatic rings. The van der Waals surface area contributed by atoms with Crippen LogP contribution in [0.25, 0.3) is 10.9 Å². The van der Waals surface area contributed by atoms with E-state index in [-0.39, 0.29) is 17.5 Å². The number of aromatic amines is 1. The number of hydrogen-bond acceptors (Lipinski definition) is 6. The van der Waals surface area contributed by atoms with Crippen LogP contribution in [0.2, 0.25) is 0 Å². The van der Waals surface area contributed by atoms with E-state index in [0.29, 0.717) is 37.6 Å². The summed E-state index contributed by atoms with van der Waals surface area (Å²) in [4.78, 5) is 18.2. The van der Waals surface area contributed by atoms with E-state index < -0.39 is 0 Å². The molecule has 5 rings (SSSR count). The number of halogens is 1. The van der Waals surface area contributed by atoms with Gasteiger partial charge in [-0.3, -0.25) is 9.69 Å². The Hall–Kier alpha value is -3.43. The van der Waals surface area contributed by atoms with Crippen LogP contribution < -0.4 is 5.56 Å². The Morgan fingerprint density at radius 3 is 2.77 bits per heavy atom. The molecule has 0 unspecified atom stereocenters. The summed E-state index contributed by atoms with van der Waals surface area (Å²) < 4.78 is 20.9. The highest BCUT2D eigenvalue weighted by Gasteiger charge is 2.22. The Kier molecular flexibility index (Phi) is 6.70. The first kappa shape index (κ1) is 23.3. The second-order valence-corrected chi connectivity index (χ2v) is 9.35. The van der Waals surface area contributed by atoms with E-state index in [1.165, 1.54) is 12.1 Å². The van der Waals surface area contributed by atoms with Gasteiger partial charge in [-0.15, -0.1) is 5.10 Å². The molecule has 2 aromatic heterocycles. The minimum Gasteiger partial charge on any atom is -0.377 e. The molecule has 0 bridgehead atoms. The van der Waals surface area contributed by atoms with E-state index in [0.717, 1.165) is 47.0 Å². The molecule has 9 heteroatoms. The SMILES string of the molecule is Cc1cc(C)c2[nH]c(=O)c(CN(Cc3nnnn3Cc3ccc(F)cc3)C[C@H]3CCCO3)cc2c1. The van der Waals surface area contributed by atoms with Gasteiger partial charge in [0.1, 0.15) is 5.82 Å². The minimum atomic E-state index is -0.278. The fourth-order valence-electron chi connectivity index (χ4n) is 4.77. The molecule has 2 aromatic carbocycles. The molecule has 8 nitrogen and oxygen atoms in total. The van der Waals surface area contributed by atoms with Crippen molar-refractivity contribution in [3.05, 3.63) is 86.7 Å². The average molecular weight is 477 g/mol. The van der Waals surface area contributed by atoms with Crippen LogP contribution in [0, 0.1) is 19.7 Å². The van der Waals surface area contributed by atoms with Crippen LogP contribution in [0.4, 0.5) is 4.39 Å². The first-order valence-electron chi connectivity index (χ1n) is 11.9. The number of benzene rings is 2. The molecule has 1 aliphatic heterocycles. The van der Waals surface area contributed by atoms with E-state index in [1.54, 1.807) is 16.8 Å². The second kappa shape index (κ2) is 10.1. The molecule has 0 amide bonds. The third-order valence-electron chi connectivity index (χ3n) is 6.47. The molecule has 1 atom stereocenters. The number of nitrogens with one attached hydrogen (secondary N) is 1. The summed E-state index contributed by atoms with van der Waals surface area (Å²) in [5.41, 5.74) is 4.59. The molecule has 35 heavy (non-hydrogen) atoms. The number of ether oxygens (including phenoxy) is 1. The molecule has 1 fully saturated rings. The van der Waals surface area contributed by atoms with Gasteiger partial charge in [0.2, 0.25) is 0 Å². The van der Waals surface area contributed by atoms with Gasteiger partial charge in [0, 0.05) is 25.3 Å². The second-order valence-electron chi connectivity index (χ2n) is 9.35. The van der Waals surface area contributed by atoms with Crippen LogP contribution in [0.3, 0.4) is 0 Å². The normalized spacial score (nSPS) is 15.9. The zero-order valence-electron chi connectivity index (χ0n) is 20.0. The number of hydrogen-bond donors (Lipinski definition) is 1. The monoisotopic (exact) mass is 476 g/mol. The summed E-state index contributed by atoms with van der Waals surface area (Å²) in [6.45, 7) is 6.84. The standard InChI is InChI=1S/C26H29FN6O2/c1-17-10-18(2)25-20(11-17)12-21(26(34)28-25)14-32(15-23-4-3-9-35-23)16-24-29-30-31-33(24)13-19-5-7-22(27)8-6-19/h5-8,10-12,23H,3-4,9,13-16H2,1-2H3,(H,28,34)/t23-/m1/s1. The number of aromatic nitrogens is 5. The van der Waals surface area contributed by atoms with Gasteiger partial charge in [-0.2, -0.15) is 0 Å². The van der Waals surface area contributed by atoms with Crippen LogP contribution in [-0.2, 0) is 24.4 Å². The van der Waals surface area contributed by atoms with Crippen molar-refractivity contribution in [3.8, 4) is 0 Å². The highest BCUT2D eigenvalue weighted by atomic mass is 19.1. The molecule has 1 aliphatic rings. The molecule has 0 aliphatic carbocycles. The molecule has 182 valence electrons. The van der Waals surface area contributed by atoms with Gasteiger partial charge in [-0.25, -0.2) is 9.07 Å². The first-order chi connectivity index (χ1) is 16.9. The topological polar surface area (TPSA) is 88.9 Å². The first-order valence-corrected chi connectivity index (χ1v) is 11.9. The quantitative estimate of drug-likeness (QED) is 0.419. The van der Waals surface area contributed by atoms with E-state index in [4.69, 9.17) is 4.74 Å². The largest absolute Gasteiger partial charge is 0.377 e. The average Bonchev–Trinajstić information content (AvgIpc) is 3.49. The van der Waals surface area contributed by atoms with Crippen molar-refractivity contribution in [1.82, 2.24) is 30.1 Å². The fraction of sp³-hybridized carbons (Fsp3) is 0.385. The van der Waals surface area contributed by atoms with Gasteiger partial charge in [-0.1, -0.05) is 23.8 Å². The van der Waals surface area contributed by atoms with Crippen molar-refractivity contribution in [2.45, 2.75) is 52.4 Å². The Morgan fingerprint density at radius 2 is 2.00 bits per heavy atom. The smallest absolute Gasteiger partial charge is 0.252 e. The third kappa shape index (κ3) is 5.47. The lowest BCUT2D eigenvalue weighted by Crippen LogP contribution is -2.34. The van der Waals surface area contributed by atoms with E-state index in [1.807, 2.05) is 13.0 Å². The van der Waals surface area contributed by atoms with Gasteiger partial charge in [-0.05, 0) is 77.9 Å². The van der Waals surface area contributed by atoms with Gasteiger partial charge in [0.25, 0.3) is 5.56 Å². The molecule has 1 saturated heterocycles. The third-order valence-corrected chi connectivity index (χ3v) is 6.47. The molecular weight excluding hydrogens is 447 g/mol. The highest BCUT2D eigenvalue weighted by Crippen LogP contribution is 2.20. The van der Waals surface area contributed by atoms with E-state index in [2.05, 4.69) is 44.5 Å². The van der Waals surface area contributed by atoms with E-state index >= 15 is 0 Å². The number of tetrazole rings is 1. The number of nitrogens with zero attached hydrogens (tertiary/aromatic N) is 5. The Bertz CT molecular complexity index is 1380. The summed E-state index contributed by atoms with van der Waals surface area (Å²) in [6, 6.07) is 12.5. The summed E-state index contributed by atoms with van der Waals surface area (Å²) in [7, 11) is 0. The Balaban J connectivity index is 1.41. The Labute approximate surface area is 202 Å². The Morgan fingerprint density at radius 1 is 1.17 bits per heavy atom. The maximum atomic E-state index is 13.3. The summed E-state index contributed by atoms with van der Waals surface area (Å²) in [5.74, 6) is 0.399. The van der Waals surface area contributed by atoms with Crippen LogP contribution in [0.5, 0.6) is 0 Å². The van der Waals surface area contributed by atoms with Crippen molar-refractivity contribution in [3.63, 3.8) is 0 Å². The van der Waals surface area contributed by atoms with Crippen LogP contribution >= 0.6 is 0 Å². The summed E-state index contributed by atoms with van der Waals surface area (Å²) >= 11 is 0. The number of H-pyrrole nitrogens is 1. The van der Waals surface area contributed by atoms with E-state index in [9.17, 15) is 9.18 Å². The molecule has 0 spiro atoms. The zero-order chi connectivity index (χ0) is 24.4. The summed E-state index contributed by atoms with van der Waals surface area (Å²) in [6.07, 6.45) is 2.14. The van der Waals surface area contributed by atoms with Crippen molar-refractivity contribution >= 4 is 10.9 Å². The van der Waals surface area contributed by atoms with Gasteiger partial charge < -0.3 is 9.72 Å². The zero-order valence-corrected chi connectivity index (χ0v) is 20.0. The number of rotatable bonds is 8. The van der Waals surface area contributed by atoms with Crippen LogP contribution in [0.15, 0.2) is 47.3 Å². The molecule has 0 radical (unpaired) electrons. The predicted octanol–water partition coefficient (Wildman–Crippen LogP) is 3.50. The number of pyridine rings is 1. The lowest BCUT2D eigenvalue weighted by Gasteiger charge is -2.24. The van der Waals surface area contributed by atoms with Crippen molar-refractivity contribution in [2.24, 2.45) is 0 Å². The van der Waals surface area contributed by atoms with Crippen molar-refractivity contribution in [2.75, 3.05) is 13.2 Å². The number of aryl methyl sites for hydroxylation is 2. The van der Waals surface area contributed by atoms with Gasteiger partial charge in [0.15, 0.2) is 5.82 Å². The van der Waals surface area contributed by atoms with Crippen molar-refractivity contribution < 1.29 is 9.13 Å². The highest BCUT2D eigenvalue weighted by molar-refractivity contribution is 5.82. The van der Waals surface area contributed by atoms with Gasteiger partial charge in [0.05, 0.1) is 24.7 Å². The fourth-order valence-corrected chi connectivity index (χ4v) is 4.77. The van der Waals surface area contributed by atoms with Gasteiger partial charge >= 0.3 is 0 Å². The lowest BCUT2D eigenvalue weighted by atomic mass is 10.0. The molecule has 1 N–H and O–H groups in total. The maximum absolute atomic E-state index is 13.3. The molecular formula is C26H29FN6O2. The lowest BCUT2D eigenvalue weighted by molar-refractivity contribution is 0.0663. The predicted molar refractivity (Wildman–Crippen MR) is 130 cm³/mol. The maximum Gasteiger partial charge on any atom is 0.252 e. The van der Waals surface area contributed by atoms with Crippen LogP contribution in [0.1, 0.15) is 40.9 Å². The summed E-state index contributed by atoms with van der Waals surface area (Å²) in [5, 5.41) is 13.3. The molecule has 3 heterocycles. The molecule has 0 saturated carbocycles.